The summed E-state index contributed by atoms with van der Waals surface area (Å²) in [5.41, 5.74) is -0.929. The molecule has 1 fully saturated rings. The van der Waals surface area contributed by atoms with E-state index < -0.39 is 29.7 Å². The van der Waals surface area contributed by atoms with Gasteiger partial charge in [-0.2, -0.15) is 13.2 Å². The molecule has 1 aliphatic rings. The fourth-order valence-corrected chi connectivity index (χ4v) is 4.99. The van der Waals surface area contributed by atoms with Crippen LogP contribution in [0.1, 0.15) is 132 Å². The number of amides is 1. The second-order valence-corrected chi connectivity index (χ2v) is 10.4. The molecule has 1 aromatic rings. The van der Waals surface area contributed by atoms with Crippen molar-refractivity contribution >= 4 is 11.9 Å². The Morgan fingerprint density at radius 2 is 1.41 bits per heavy atom. The highest BCUT2D eigenvalue weighted by Crippen LogP contribution is 2.30. The average molecular weight is 526 g/mol. The van der Waals surface area contributed by atoms with Gasteiger partial charge in [0, 0.05) is 12.1 Å². The molecule has 2 rings (SSSR count). The van der Waals surface area contributed by atoms with Gasteiger partial charge in [0.1, 0.15) is 6.04 Å². The number of alkyl halides is 3. The predicted molar refractivity (Wildman–Crippen MR) is 141 cm³/mol. The molecule has 1 amide bonds. The van der Waals surface area contributed by atoms with Crippen molar-refractivity contribution in [2.75, 3.05) is 13.2 Å². The third-order valence-electron chi connectivity index (χ3n) is 7.21. The normalized spacial score (nSPS) is 15.8. The maximum atomic E-state index is 13.0. The van der Waals surface area contributed by atoms with Gasteiger partial charge < -0.3 is 9.64 Å². The molecular weight excluding hydrogens is 479 g/mol. The molecule has 0 aliphatic carbocycles. The van der Waals surface area contributed by atoms with Crippen molar-refractivity contribution < 1.29 is 27.5 Å². The first kappa shape index (κ1) is 31.2. The minimum atomic E-state index is -4.52. The van der Waals surface area contributed by atoms with Gasteiger partial charge >= 0.3 is 12.1 Å². The summed E-state index contributed by atoms with van der Waals surface area (Å²) in [6.07, 6.45) is 15.5. The van der Waals surface area contributed by atoms with Gasteiger partial charge in [-0.25, -0.2) is 4.79 Å². The molecule has 0 N–H and O–H groups in total. The first-order chi connectivity index (χ1) is 17.8. The molecule has 0 spiro atoms. The highest BCUT2D eigenvalue weighted by molar-refractivity contribution is 5.97. The first-order valence-electron chi connectivity index (χ1n) is 14.5. The lowest BCUT2D eigenvalue weighted by Gasteiger charge is -2.23. The third-order valence-corrected chi connectivity index (χ3v) is 7.21. The maximum Gasteiger partial charge on any atom is 0.416 e. The number of carbonyl (C=O) groups excluding carboxylic acids is 2. The molecular formula is C30H46F3NO3. The molecule has 0 bridgehead atoms. The monoisotopic (exact) mass is 525 g/mol. The van der Waals surface area contributed by atoms with Gasteiger partial charge in [0.15, 0.2) is 0 Å². The Morgan fingerprint density at radius 3 is 1.95 bits per heavy atom. The van der Waals surface area contributed by atoms with Gasteiger partial charge in [-0.05, 0) is 37.5 Å². The number of ether oxygens (including phenoxy) is 1. The zero-order valence-electron chi connectivity index (χ0n) is 22.6. The fraction of sp³-hybridized carbons (Fsp3) is 0.733. The lowest BCUT2D eigenvalue weighted by atomic mass is 10.0. The molecule has 0 radical (unpaired) electrons. The summed E-state index contributed by atoms with van der Waals surface area (Å²) in [6, 6.07) is 3.63. The fourth-order valence-electron chi connectivity index (χ4n) is 4.99. The van der Waals surface area contributed by atoms with Gasteiger partial charge in [-0.3, -0.25) is 4.79 Å². The van der Waals surface area contributed by atoms with E-state index in [0.717, 1.165) is 31.4 Å². The first-order valence-corrected chi connectivity index (χ1v) is 14.5. The zero-order chi connectivity index (χ0) is 26.9. The maximum absolute atomic E-state index is 13.0. The molecule has 210 valence electrons. The van der Waals surface area contributed by atoms with Crippen molar-refractivity contribution in [3.05, 3.63) is 35.4 Å². The van der Waals surface area contributed by atoms with E-state index in [0.29, 0.717) is 26.0 Å². The van der Waals surface area contributed by atoms with E-state index in [1.165, 1.54) is 94.1 Å². The number of unbranched alkanes of at least 4 members (excludes halogenated alkanes) is 14. The van der Waals surface area contributed by atoms with Crippen LogP contribution in [0.4, 0.5) is 13.2 Å². The molecule has 1 saturated heterocycles. The summed E-state index contributed by atoms with van der Waals surface area (Å²) in [5, 5.41) is 0. The highest BCUT2D eigenvalue weighted by atomic mass is 19.4. The van der Waals surface area contributed by atoms with Crippen LogP contribution < -0.4 is 0 Å². The van der Waals surface area contributed by atoms with Crippen LogP contribution in [0.15, 0.2) is 24.3 Å². The molecule has 1 unspecified atom stereocenters. The van der Waals surface area contributed by atoms with E-state index in [9.17, 15) is 22.8 Å². The molecule has 37 heavy (non-hydrogen) atoms. The molecule has 0 saturated carbocycles. The van der Waals surface area contributed by atoms with E-state index in [2.05, 4.69) is 6.92 Å². The van der Waals surface area contributed by atoms with Crippen LogP contribution in [0.2, 0.25) is 0 Å². The molecule has 1 heterocycles. The van der Waals surface area contributed by atoms with E-state index in [1.807, 2.05) is 0 Å². The number of nitrogens with zero attached hydrogens (tertiary/aromatic N) is 1. The largest absolute Gasteiger partial charge is 0.464 e. The molecule has 1 aromatic carbocycles. The number of esters is 1. The topological polar surface area (TPSA) is 46.6 Å². The van der Waals surface area contributed by atoms with Crippen molar-refractivity contribution in [2.24, 2.45) is 0 Å². The molecule has 1 aliphatic heterocycles. The van der Waals surface area contributed by atoms with Gasteiger partial charge in [-0.15, -0.1) is 0 Å². The van der Waals surface area contributed by atoms with Gasteiger partial charge in [0.05, 0.1) is 12.2 Å². The Morgan fingerprint density at radius 1 is 0.865 bits per heavy atom. The number of carbonyl (C=O) groups is 2. The lowest BCUT2D eigenvalue weighted by Crippen LogP contribution is -2.41. The highest BCUT2D eigenvalue weighted by Gasteiger charge is 2.37. The van der Waals surface area contributed by atoms with E-state index >= 15 is 0 Å². The number of halogens is 3. The van der Waals surface area contributed by atoms with Crippen LogP contribution in [-0.4, -0.2) is 36.0 Å². The van der Waals surface area contributed by atoms with Crippen LogP contribution in [0.5, 0.6) is 0 Å². The molecule has 7 heteroatoms. The van der Waals surface area contributed by atoms with Gasteiger partial charge in [0.2, 0.25) is 0 Å². The average Bonchev–Trinajstić information content (AvgIpc) is 3.37. The summed E-state index contributed by atoms with van der Waals surface area (Å²) in [7, 11) is 0. The standard InChI is InChI=1S/C30H46F3NO3/c1-2-3-4-5-6-7-8-9-10-11-12-13-14-15-16-23-37-29(36)27-21-18-22-34(27)28(35)25-19-17-20-26(24-25)30(31,32)33/h17,19-20,24,27H,2-16,18,21-23H2,1H3. The smallest absolute Gasteiger partial charge is 0.416 e. The Labute approximate surface area is 221 Å². The number of hydrogen-bond donors (Lipinski definition) is 0. The van der Waals surface area contributed by atoms with E-state index in [4.69, 9.17) is 4.74 Å². The van der Waals surface area contributed by atoms with Crippen LogP contribution in [-0.2, 0) is 15.7 Å². The Kier molecular flexibility index (Phi) is 14.7. The van der Waals surface area contributed by atoms with Crippen molar-refractivity contribution in [2.45, 2.75) is 128 Å². The van der Waals surface area contributed by atoms with E-state index in [1.54, 1.807) is 0 Å². The number of benzene rings is 1. The van der Waals surface area contributed by atoms with Crippen LogP contribution >= 0.6 is 0 Å². The predicted octanol–water partition coefficient (Wildman–Crippen LogP) is 8.72. The Bertz CT molecular complexity index is 797. The minimum absolute atomic E-state index is 0.0584. The second kappa shape index (κ2) is 17.5. The lowest BCUT2D eigenvalue weighted by molar-refractivity contribution is -0.148. The second-order valence-electron chi connectivity index (χ2n) is 10.4. The van der Waals surface area contributed by atoms with Crippen LogP contribution in [0.25, 0.3) is 0 Å². The summed E-state index contributed by atoms with van der Waals surface area (Å²) < 4.78 is 44.4. The zero-order valence-corrected chi connectivity index (χ0v) is 22.6. The molecule has 1 atom stereocenters. The number of hydrogen-bond acceptors (Lipinski definition) is 3. The van der Waals surface area contributed by atoms with Crippen molar-refractivity contribution in [3.63, 3.8) is 0 Å². The molecule has 0 aromatic heterocycles. The summed E-state index contributed by atoms with van der Waals surface area (Å²) in [5.74, 6) is -1.01. The van der Waals surface area contributed by atoms with Crippen molar-refractivity contribution in [1.82, 2.24) is 4.90 Å². The SMILES string of the molecule is CCCCCCCCCCCCCCCCCOC(=O)C1CCCN1C(=O)c1cccc(C(F)(F)F)c1. The summed E-state index contributed by atoms with van der Waals surface area (Å²) >= 11 is 0. The van der Waals surface area contributed by atoms with Crippen LogP contribution in [0.3, 0.4) is 0 Å². The summed E-state index contributed by atoms with van der Waals surface area (Å²) in [6.45, 7) is 2.91. The number of rotatable bonds is 18. The quantitative estimate of drug-likeness (QED) is 0.142. The van der Waals surface area contributed by atoms with Crippen LogP contribution in [0, 0.1) is 0 Å². The van der Waals surface area contributed by atoms with Gasteiger partial charge in [0.25, 0.3) is 5.91 Å². The molecule has 4 nitrogen and oxygen atoms in total. The van der Waals surface area contributed by atoms with Crippen molar-refractivity contribution in [1.29, 1.82) is 0 Å². The minimum Gasteiger partial charge on any atom is -0.464 e. The Hall–Kier alpha value is -2.05. The summed E-state index contributed by atoms with van der Waals surface area (Å²) in [4.78, 5) is 26.7. The van der Waals surface area contributed by atoms with Gasteiger partial charge in [-0.1, -0.05) is 103 Å². The number of likely N-dealkylation sites (tertiary alicyclic amines) is 1. The van der Waals surface area contributed by atoms with Crippen molar-refractivity contribution in [3.8, 4) is 0 Å². The van der Waals surface area contributed by atoms with E-state index in [-0.39, 0.29) is 5.56 Å². The Balaban J connectivity index is 1.54. The third kappa shape index (κ3) is 11.9.